The van der Waals surface area contributed by atoms with Gasteiger partial charge in [0.15, 0.2) is 0 Å². The zero-order valence-electron chi connectivity index (χ0n) is 6.68. The van der Waals surface area contributed by atoms with Crippen LogP contribution in [0, 0.1) is 11.6 Å². The number of amides is 2. The summed E-state index contributed by atoms with van der Waals surface area (Å²) in [5, 5.41) is 0. The molecule has 1 rings (SSSR count). The summed E-state index contributed by atoms with van der Waals surface area (Å²) >= 11 is 3.57. The van der Waals surface area contributed by atoms with Crippen LogP contribution < -0.4 is 10.5 Å². The second-order valence-corrected chi connectivity index (χ2v) is 3.97. The molecule has 2 amide bonds. The predicted molar refractivity (Wildman–Crippen MR) is 52.6 cm³/mol. The van der Waals surface area contributed by atoms with E-state index in [9.17, 15) is 13.6 Å². The van der Waals surface area contributed by atoms with Gasteiger partial charge < -0.3 is 5.73 Å². The van der Waals surface area contributed by atoms with Crippen molar-refractivity contribution in [1.29, 1.82) is 0 Å². The van der Waals surface area contributed by atoms with Gasteiger partial charge in [-0.25, -0.2) is 13.6 Å². The summed E-state index contributed by atoms with van der Waals surface area (Å²) in [5.41, 5.74) is 4.78. The fourth-order valence-corrected chi connectivity index (χ4v) is 1.73. The molecule has 3 nitrogen and oxygen atoms in total. The van der Waals surface area contributed by atoms with Crippen molar-refractivity contribution in [3.63, 3.8) is 0 Å². The lowest BCUT2D eigenvalue weighted by Crippen LogP contribution is -2.22. The number of rotatable bonds is 2. The lowest BCUT2D eigenvalue weighted by Gasteiger charge is -2.03. The monoisotopic (exact) mass is 282 g/mol. The van der Waals surface area contributed by atoms with Gasteiger partial charge in [-0.05, 0) is 33.9 Å². The lowest BCUT2D eigenvalue weighted by molar-refractivity contribution is 0.254. The molecule has 1 aromatic carbocycles. The van der Waals surface area contributed by atoms with E-state index in [0.717, 1.165) is 6.07 Å². The van der Waals surface area contributed by atoms with Crippen molar-refractivity contribution in [2.75, 3.05) is 0 Å². The molecule has 0 aliphatic heterocycles. The number of hydrogen-bond acceptors (Lipinski definition) is 2. The van der Waals surface area contributed by atoms with Crippen LogP contribution in [-0.2, 0) is 0 Å². The molecule has 0 spiro atoms. The molecular formula is C7H5BrF2N2OS. The highest BCUT2D eigenvalue weighted by Gasteiger charge is 2.09. The third kappa shape index (κ3) is 2.85. The number of hydrogen-bond donors (Lipinski definition) is 2. The molecular weight excluding hydrogens is 278 g/mol. The van der Waals surface area contributed by atoms with E-state index in [1.807, 2.05) is 0 Å². The Balaban J connectivity index is 2.87. The van der Waals surface area contributed by atoms with E-state index in [4.69, 9.17) is 5.73 Å². The van der Waals surface area contributed by atoms with E-state index < -0.39 is 17.7 Å². The number of benzene rings is 1. The molecule has 1 aromatic rings. The maximum atomic E-state index is 13.0. The zero-order valence-corrected chi connectivity index (χ0v) is 9.08. The minimum absolute atomic E-state index is 0.0806. The van der Waals surface area contributed by atoms with Gasteiger partial charge in [0.2, 0.25) is 0 Å². The minimum Gasteiger partial charge on any atom is -0.351 e. The fraction of sp³-hybridized carbons (Fsp3) is 0. The first-order valence-electron chi connectivity index (χ1n) is 3.37. The molecule has 14 heavy (non-hydrogen) atoms. The summed E-state index contributed by atoms with van der Waals surface area (Å²) in [6.07, 6.45) is 0. The summed E-state index contributed by atoms with van der Waals surface area (Å²) in [6.45, 7) is 0. The van der Waals surface area contributed by atoms with Gasteiger partial charge in [-0.3, -0.25) is 4.72 Å². The molecule has 0 aromatic heterocycles. The number of primary amides is 1. The van der Waals surface area contributed by atoms with Gasteiger partial charge in [0, 0.05) is 6.07 Å². The third-order valence-electron chi connectivity index (χ3n) is 1.24. The van der Waals surface area contributed by atoms with Crippen LogP contribution in [0.15, 0.2) is 21.5 Å². The van der Waals surface area contributed by atoms with Crippen LogP contribution in [0.2, 0.25) is 0 Å². The number of nitrogens with two attached hydrogens (primary N) is 1. The number of halogens is 3. The molecule has 0 unspecified atom stereocenters. The number of carbonyl (C=O) groups is 1. The van der Waals surface area contributed by atoms with Crippen molar-refractivity contribution in [3.8, 4) is 0 Å². The fourth-order valence-electron chi connectivity index (χ4n) is 0.688. The SMILES string of the molecule is NC(=O)NSc1cc(Br)c(F)cc1F. The van der Waals surface area contributed by atoms with Gasteiger partial charge in [-0.1, -0.05) is 0 Å². The zero-order chi connectivity index (χ0) is 10.7. The Morgan fingerprint density at radius 3 is 2.64 bits per heavy atom. The number of carbonyl (C=O) groups excluding carboxylic acids is 1. The van der Waals surface area contributed by atoms with Gasteiger partial charge in [0.1, 0.15) is 11.6 Å². The smallest absolute Gasteiger partial charge is 0.322 e. The van der Waals surface area contributed by atoms with Crippen LogP contribution in [0.1, 0.15) is 0 Å². The Labute approximate surface area is 91.3 Å². The van der Waals surface area contributed by atoms with E-state index in [1.165, 1.54) is 6.07 Å². The highest BCUT2D eigenvalue weighted by atomic mass is 79.9. The summed E-state index contributed by atoms with van der Waals surface area (Å²) in [5.74, 6) is -1.46. The van der Waals surface area contributed by atoms with Gasteiger partial charge >= 0.3 is 6.03 Å². The first-order valence-corrected chi connectivity index (χ1v) is 4.98. The molecule has 0 aliphatic carbocycles. The van der Waals surface area contributed by atoms with Crippen molar-refractivity contribution in [2.45, 2.75) is 4.90 Å². The van der Waals surface area contributed by atoms with Crippen molar-refractivity contribution in [2.24, 2.45) is 5.73 Å². The van der Waals surface area contributed by atoms with Crippen molar-refractivity contribution >= 4 is 33.9 Å². The Morgan fingerprint density at radius 2 is 2.07 bits per heavy atom. The van der Waals surface area contributed by atoms with Crippen LogP contribution in [0.25, 0.3) is 0 Å². The number of nitrogens with one attached hydrogen (secondary N) is 1. The van der Waals surface area contributed by atoms with Crippen LogP contribution >= 0.6 is 27.9 Å². The number of urea groups is 1. The van der Waals surface area contributed by atoms with E-state index in [1.54, 1.807) is 0 Å². The minimum atomic E-state index is -0.796. The van der Waals surface area contributed by atoms with E-state index >= 15 is 0 Å². The molecule has 7 heteroatoms. The largest absolute Gasteiger partial charge is 0.351 e. The molecule has 0 saturated carbocycles. The second-order valence-electron chi connectivity index (χ2n) is 2.27. The van der Waals surface area contributed by atoms with Gasteiger partial charge in [-0.15, -0.1) is 0 Å². The first kappa shape index (κ1) is 11.3. The molecule has 3 N–H and O–H groups in total. The van der Waals surface area contributed by atoms with Crippen LogP contribution in [0.3, 0.4) is 0 Å². The quantitative estimate of drug-likeness (QED) is 0.647. The van der Waals surface area contributed by atoms with Crippen molar-refractivity contribution < 1.29 is 13.6 Å². The molecule has 0 atom stereocenters. The lowest BCUT2D eigenvalue weighted by atomic mass is 10.3. The van der Waals surface area contributed by atoms with E-state index in [-0.39, 0.29) is 9.37 Å². The standard InChI is InChI=1S/C7H5BrF2N2OS/c8-3-1-6(14-12-7(11)13)5(10)2-4(3)9/h1-2H,(H3,11,12,13). The second kappa shape index (κ2) is 4.61. The van der Waals surface area contributed by atoms with Crippen molar-refractivity contribution in [3.05, 3.63) is 28.2 Å². The van der Waals surface area contributed by atoms with E-state index in [0.29, 0.717) is 11.9 Å². The highest BCUT2D eigenvalue weighted by Crippen LogP contribution is 2.25. The third-order valence-corrected chi connectivity index (χ3v) is 2.68. The maximum absolute atomic E-state index is 13.0. The predicted octanol–water partition coefficient (Wildman–Crippen LogP) is 2.40. The molecule has 0 aliphatic rings. The Kier molecular flexibility index (Phi) is 3.70. The molecule has 0 radical (unpaired) electrons. The average molecular weight is 283 g/mol. The molecule has 0 fully saturated rings. The van der Waals surface area contributed by atoms with Crippen LogP contribution in [0.4, 0.5) is 13.6 Å². The topological polar surface area (TPSA) is 55.1 Å². The van der Waals surface area contributed by atoms with Crippen LogP contribution in [-0.4, -0.2) is 6.03 Å². The summed E-state index contributed by atoms with van der Waals surface area (Å²) in [6, 6.07) is 1.13. The molecule has 0 bridgehead atoms. The maximum Gasteiger partial charge on any atom is 0.322 e. The Bertz CT molecular complexity index is 375. The van der Waals surface area contributed by atoms with Gasteiger partial charge in [-0.2, -0.15) is 0 Å². The molecule has 76 valence electrons. The molecule has 0 saturated heterocycles. The highest BCUT2D eigenvalue weighted by molar-refractivity contribution is 9.10. The average Bonchev–Trinajstić information content (AvgIpc) is 2.09. The van der Waals surface area contributed by atoms with Crippen molar-refractivity contribution in [1.82, 2.24) is 4.72 Å². The Hall–Kier alpha value is -0.820. The summed E-state index contributed by atoms with van der Waals surface area (Å²) in [4.78, 5) is 10.4. The van der Waals surface area contributed by atoms with Gasteiger partial charge in [0.05, 0.1) is 9.37 Å². The first-order chi connectivity index (χ1) is 6.50. The normalized spacial score (nSPS) is 9.93. The molecule has 0 heterocycles. The van der Waals surface area contributed by atoms with Crippen LogP contribution in [0.5, 0.6) is 0 Å². The summed E-state index contributed by atoms with van der Waals surface area (Å²) < 4.78 is 28.0. The summed E-state index contributed by atoms with van der Waals surface area (Å²) in [7, 11) is 0. The Morgan fingerprint density at radius 1 is 1.43 bits per heavy atom. The van der Waals surface area contributed by atoms with E-state index in [2.05, 4.69) is 20.7 Å². The van der Waals surface area contributed by atoms with Gasteiger partial charge in [0.25, 0.3) is 0 Å².